The van der Waals surface area contributed by atoms with Crippen LogP contribution >= 0.6 is 11.6 Å². The summed E-state index contributed by atoms with van der Waals surface area (Å²) >= 11 is 5.89. The summed E-state index contributed by atoms with van der Waals surface area (Å²) in [7, 11) is 1.62. The van der Waals surface area contributed by atoms with Crippen molar-refractivity contribution >= 4 is 17.5 Å². The van der Waals surface area contributed by atoms with Gasteiger partial charge in [-0.3, -0.25) is 4.79 Å². The summed E-state index contributed by atoms with van der Waals surface area (Å²) in [6.07, 6.45) is 1.33. The minimum atomic E-state index is -0.0145. The van der Waals surface area contributed by atoms with Crippen LogP contribution in [0, 0.1) is 5.92 Å². The molecule has 4 heteroatoms. The zero-order chi connectivity index (χ0) is 11.0. The van der Waals surface area contributed by atoms with Crippen molar-refractivity contribution < 1.29 is 9.53 Å². The van der Waals surface area contributed by atoms with Gasteiger partial charge in [0.1, 0.15) is 0 Å². The zero-order valence-electron chi connectivity index (χ0n) is 9.18. The lowest BCUT2D eigenvalue weighted by atomic mass is 10.1. The van der Waals surface area contributed by atoms with Crippen molar-refractivity contribution in [3.05, 3.63) is 0 Å². The van der Waals surface area contributed by atoms with E-state index in [4.69, 9.17) is 16.3 Å². The summed E-state index contributed by atoms with van der Waals surface area (Å²) in [5.41, 5.74) is 0. The van der Waals surface area contributed by atoms with Gasteiger partial charge in [0.25, 0.3) is 0 Å². The quantitative estimate of drug-likeness (QED) is 0.666. The van der Waals surface area contributed by atoms with Crippen molar-refractivity contribution in [2.24, 2.45) is 5.92 Å². The van der Waals surface area contributed by atoms with E-state index in [1.54, 1.807) is 7.11 Å². The molecule has 0 aromatic carbocycles. The van der Waals surface area contributed by atoms with E-state index in [0.29, 0.717) is 25.5 Å². The number of ether oxygens (including phenoxy) is 1. The van der Waals surface area contributed by atoms with Gasteiger partial charge in [-0.25, -0.2) is 0 Å². The van der Waals surface area contributed by atoms with Gasteiger partial charge in [-0.15, -0.1) is 11.6 Å². The Bertz CT molecular complexity index is 162. The number of methoxy groups -OCH3 is 1. The van der Waals surface area contributed by atoms with E-state index < -0.39 is 0 Å². The number of halogens is 1. The molecule has 1 atom stereocenters. The summed E-state index contributed by atoms with van der Waals surface area (Å²) < 4.78 is 4.88. The van der Waals surface area contributed by atoms with Gasteiger partial charge in [-0.1, -0.05) is 13.8 Å². The maximum Gasteiger partial charge on any atom is 0.220 e. The predicted octanol–water partition coefficient (Wildman–Crippen LogP) is 1.79. The second-order valence-corrected chi connectivity index (χ2v) is 4.41. The first-order chi connectivity index (χ1) is 6.56. The Morgan fingerprint density at radius 3 is 2.64 bits per heavy atom. The van der Waals surface area contributed by atoms with E-state index in [9.17, 15) is 4.79 Å². The molecule has 84 valence electrons. The smallest absolute Gasteiger partial charge is 0.220 e. The van der Waals surface area contributed by atoms with Crippen molar-refractivity contribution in [3.8, 4) is 0 Å². The van der Waals surface area contributed by atoms with Crippen LogP contribution < -0.4 is 5.32 Å². The molecule has 0 aromatic heterocycles. The third-order valence-corrected chi connectivity index (χ3v) is 2.07. The molecule has 14 heavy (non-hydrogen) atoms. The summed E-state index contributed by atoms with van der Waals surface area (Å²) in [5.74, 6) is 0.502. The van der Waals surface area contributed by atoms with Gasteiger partial charge in [-0.2, -0.15) is 0 Å². The second-order valence-electron chi connectivity index (χ2n) is 3.79. The Kier molecular flexibility index (Phi) is 7.90. The molecule has 0 aliphatic heterocycles. The van der Waals surface area contributed by atoms with E-state index in [0.717, 1.165) is 6.42 Å². The first kappa shape index (κ1) is 13.7. The summed E-state index contributed by atoms with van der Waals surface area (Å²) in [6.45, 7) is 5.20. The Morgan fingerprint density at radius 1 is 1.50 bits per heavy atom. The number of nitrogens with one attached hydrogen (secondary N) is 1. The van der Waals surface area contributed by atoms with Crippen molar-refractivity contribution in [1.82, 2.24) is 5.32 Å². The Balaban J connectivity index is 3.39. The van der Waals surface area contributed by atoms with Crippen LogP contribution in [0.4, 0.5) is 0 Å². The first-order valence-electron chi connectivity index (χ1n) is 4.96. The molecule has 1 N–H and O–H groups in total. The number of hydrogen-bond donors (Lipinski definition) is 1. The molecule has 0 aliphatic carbocycles. The highest BCUT2D eigenvalue weighted by atomic mass is 35.5. The molecule has 0 bridgehead atoms. The van der Waals surface area contributed by atoms with Crippen LogP contribution in [0.25, 0.3) is 0 Å². The molecule has 0 aliphatic rings. The van der Waals surface area contributed by atoms with Crippen LogP contribution in [0.5, 0.6) is 0 Å². The molecule has 0 saturated heterocycles. The van der Waals surface area contributed by atoms with Crippen molar-refractivity contribution in [3.63, 3.8) is 0 Å². The number of carbonyl (C=O) groups is 1. The van der Waals surface area contributed by atoms with Gasteiger partial charge in [0, 0.05) is 20.1 Å². The van der Waals surface area contributed by atoms with Crippen LogP contribution in [0.2, 0.25) is 0 Å². The largest absolute Gasteiger partial charge is 0.383 e. The second kappa shape index (κ2) is 8.06. The molecule has 1 unspecified atom stereocenters. The van der Waals surface area contributed by atoms with E-state index in [1.165, 1.54) is 0 Å². The fourth-order valence-electron chi connectivity index (χ4n) is 1.08. The average Bonchev–Trinajstić information content (AvgIpc) is 2.02. The molecule has 0 saturated carbocycles. The first-order valence-corrected chi connectivity index (χ1v) is 5.39. The lowest BCUT2D eigenvalue weighted by molar-refractivity contribution is -0.121. The Labute approximate surface area is 91.2 Å². The van der Waals surface area contributed by atoms with Gasteiger partial charge in [-0.05, 0) is 12.3 Å². The van der Waals surface area contributed by atoms with Gasteiger partial charge < -0.3 is 10.1 Å². The van der Waals surface area contributed by atoms with Crippen LogP contribution in [0.1, 0.15) is 26.7 Å². The van der Waals surface area contributed by atoms with E-state index in [2.05, 4.69) is 5.32 Å². The number of amides is 1. The Morgan fingerprint density at radius 2 is 2.14 bits per heavy atom. The molecular formula is C10H20ClNO2. The van der Waals surface area contributed by atoms with Gasteiger partial charge >= 0.3 is 0 Å². The SMILES string of the molecule is COCC(Cl)CCNC(=O)CC(C)C. The van der Waals surface area contributed by atoms with Crippen LogP contribution in [0.3, 0.4) is 0 Å². The summed E-state index contributed by atoms with van der Waals surface area (Å²) in [4.78, 5) is 11.2. The minimum absolute atomic E-state index is 0.0145. The normalized spacial score (nSPS) is 12.9. The van der Waals surface area contributed by atoms with Crippen molar-refractivity contribution in [2.45, 2.75) is 32.1 Å². The van der Waals surface area contributed by atoms with Crippen LogP contribution in [-0.2, 0) is 9.53 Å². The molecule has 0 fully saturated rings. The van der Waals surface area contributed by atoms with E-state index in [-0.39, 0.29) is 11.3 Å². The lowest BCUT2D eigenvalue weighted by Crippen LogP contribution is -2.27. The average molecular weight is 222 g/mol. The Hall–Kier alpha value is -0.280. The van der Waals surface area contributed by atoms with Gasteiger partial charge in [0.15, 0.2) is 0 Å². The zero-order valence-corrected chi connectivity index (χ0v) is 9.93. The standard InChI is InChI=1S/C10H20ClNO2/c1-8(2)6-10(13)12-5-4-9(11)7-14-3/h8-9H,4-7H2,1-3H3,(H,12,13). The van der Waals surface area contributed by atoms with Crippen molar-refractivity contribution in [1.29, 1.82) is 0 Å². The van der Waals surface area contributed by atoms with Crippen LogP contribution in [0.15, 0.2) is 0 Å². The van der Waals surface area contributed by atoms with Gasteiger partial charge in [0.2, 0.25) is 5.91 Å². The number of rotatable bonds is 7. The molecular weight excluding hydrogens is 202 g/mol. The van der Waals surface area contributed by atoms with E-state index >= 15 is 0 Å². The molecule has 0 heterocycles. The third kappa shape index (κ3) is 8.32. The fraction of sp³-hybridized carbons (Fsp3) is 0.900. The summed E-state index contributed by atoms with van der Waals surface area (Å²) in [6, 6.07) is 0. The number of carbonyl (C=O) groups excluding carboxylic acids is 1. The molecule has 0 rings (SSSR count). The van der Waals surface area contributed by atoms with Gasteiger partial charge in [0.05, 0.1) is 12.0 Å². The maximum atomic E-state index is 11.2. The van der Waals surface area contributed by atoms with Crippen molar-refractivity contribution in [2.75, 3.05) is 20.3 Å². The third-order valence-electron chi connectivity index (χ3n) is 1.72. The molecule has 3 nitrogen and oxygen atoms in total. The highest BCUT2D eigenvalue weighted by molar-refractivity contribution is 6.20. The highest BCUT2D eigenvalue weighted by Gasteiger charge is 2.06. The topological polar surface area (TPSA) is 38.3 Å². The summed E-state index contributed by atoms with van der Waals surface area (Å²) in [5, 5.41) is 2.81. The maximum absolute atomic E-state index is 11.2. The molecule has 0 radical (unpaired) electrons. The number of hydrogen-bond acceptors (Lipinski definition) is 2. The highest BCUT2D eigenvalue weighted by Crippen LogP contribution is 2.02. The molecule has 1 amide bonds. The monoisotopic (exact) mass is 221 g/mol. The fourth-order valence-corrected chi connectivity index (χ4v) is 1.31. The van der Waals surface area contributed by atoms with Crippen LogP contribution in [-0.4, -0.2) is 31.5 Å². The molecule has 0 spiro atoms. The minimum Gasteiger partial charge on any atom is -0.383 e. The molecule has 0 aromatic rings. The van der Waals surface area contributed by atoms with E-state index in [1.807, 2.05) is 13.8 Å². The lowest BCUT2D eigenvalue weighted by Gasteiger charge is -2.10. The number of alkyl halides is 1. The predicted molar refractivity (Wildman–Crippen MR) is 58.6 cm³/mol.